The van der Waals surface area contributed by atoms with Crippen LogP contribution in [0.15, 0.2) is 35.1 Å². The van der Waals surface area contributed by atoms with Crippen molar-refractivity contribution in [3.63, 3.8) is 0 Å². The molecule has 0 fully saturated rings. The summed E-state index contributed by atoms with van der Waals surface area (Å²) in [6.45, 7) is 2.65. The standard InChI is InChI=1S/C13H14BrN3O2/c1-2-15-12-11(14)13(17-8-16-12)19-10-6-4-3-5-9(10)7-18/h3-6,8,18H,2,7H2,1H3,(H,15,16,17). The molecule has 0 saturated carbocycles. The summed E-state index contributed by atoms with van der Waals surface area (Å²) in [5, 5.41) is 12.4. The van der Waals surface area contributed by atoms with Crippen molar-refractivity contribution < 1.29 is 9.84 Å². The molecule has 2 rings (SSSR count). The minimum absolute atomic E-state index is 0.0844. The maximum atomic E-state index is 9.27. The number of halogens is 1. The van der Waals surface area contributed by atoms with Crippen molar-refractivity contribution in [3.8, 4) is 11.6 Å². The molecule has 0 amide bonds. The molecule has 100 valence electrons. The maximum absolute atomic E-state index is 9.27. The largest absolute Gasteiger partial charge is 0.437 e. The first-order valence-electron chi connectivity index (χ1n) is 5.87. The predicted octanol–water partition coefficient (Wildman–Crippen LogP) is 2.96. The number of ether oxygens (including phenoxy) is 1. The highest BCUT2D eigenvalue weighted by Gasteiger charge is 2.11. The number of anilines is 1. The van der Waals surface area contributed by atoms with Crippen molar-refractivity contribution in [3.05, 3.63) is 40.6 Å². The van der Waals surface area contributed by atoms with Gasteiger partial charge in [0.05, 0.1) is 6.61 Å². The highest BCUT2D eigenvalue weighted by atomic mass is 79.9. The Morgan fingerprint density at radius 2 is 2.11 bits per heavy atom. The lowest BCUT2D eigenvalue weighted by atomic mass is 10.2. The zero-order valence-electron chi connectivity index (χ0n) is 10.4. The van der Waals surface area contributed by atoms with Gasteiger partial charge in [-0.05, 0) is 28.9 Å². The van der Waals surface area contributed by atoms with Gasteiger partial charge in [0, 0.05) is 12.1 Å². The van der Waals surface area contributed by atoms with Gasteiger partial charge in [-0.25, -0.2) is 9.97 Å². The third-order valence-electron chi connectivity index (χ3n) is 2.45. The van der Waals surface area contributed by atoms with Crippen LogP contribution in [0.2, 0.25) is 0 Å². The van der Waals surface area contributed by atoms with E-state index in [0.717, 1.165) is 6.54 Å². The van der Waals surface area contributed by atoms with E-state index in [4.69, 9.17) is 4.74 Å². The van der Waals surface area contributed by atoms with E-state index in [1.807, 2.05) is 19.1 Å². The average molecular weight is 324 g/mol. The summed E-state index contributed by atoms with van der Waals surface area (Å²) in [5.74, 6) is 1.66. The Kier molecular flexibility index (Phi) is 4.70. The number of aliphatic hydroxyl groups is 1. The second-order valence-electron chi connectivity index (χ2n) is 3.74. The molecule has 0 bridgehead atoms. The number of aliphatic hydroxyl groups excluding tert-OH is 1. The predicted molar refractivity (Wildman–Crippen MR) is 76.3 cm³/mol. The lowest BCUT2D eigenvalue weighted by molar-refractivity contribution is 0.276. The Morgan fingerprint density at radius 1 is 1.32 bits per heavy atom. The molecule has 19 heavy (non-hydrogen) atoms. The van der Waals surface area contributed by atoms with Crippen molar-refractivity contribution in [2.24, 2.45) is 0 Å². The van der Waals surface area contributed by atoms with Crippen LogP contribution in [0.4, 0.5) is 5.82 Å². The van der Waals surface area contributed by atoms with Crippen molar-refractivity contribution >= 4 is 21.7 Å². The molecule has 0 unspecified atom stereocenters. The van der Waals surface area contributed by atoms with Gasteiger partial charge < -0.3 is 15.2 Å². The highest BCUT2D eigenvalue weighted by molar-refractivity contribution is 9.10. The second kappa shape index (κ2) is 6.49. The van der Waals surface area contributed by atoms with Gasteiger partial charge in [-0.2, -0.15) is 0 Å². The van der Waals surface area contributed by atoms with Crippen molar-refractivity contribution in [2.45, 2.75) is 13.5 Å². The van der Waals surface area contributed by atoms with Gasteiger partial charge >= 0.3 is 0 Å². The summed E-state index contributed by atoms with van der Waals surface area (Å²) in [4.78, 5) is 8.20. The van der Waals surface area contributed by atoms with E-state index in [9.17, 15) is 5.11 Å². The van der Waals surface area contributed by atoms with Gasteiger partial charge in [0.1, 0.15) is 22.4 Å². The number of para-hydroxylation sites is 1. The third-order valence-corrected chi connectivity index (χ3v) is 3.17. The number of hydrogen-bond acceptors (Lipinski definition) is 5. The Labute approximate surface area is 119 Å². The molecule has 1 aromatic heterocycles. The first-order chi connectivity index (χ1) is 9.26. The molecule has 0 atom stereocenters. The van der Waals surface area contributed by atoms with Crippen molar-refractivity contribution in [2.75, 3.05) is 11.9 Å². The first-order valence-corrected chi connectivity index (χ1v) is 6.66. The molecule has 0 radical (unpaired) electrons. The lowest BCUT2D eigenvalue weighted by Crippen LogP contribution is -2.02. The van der Waals surface area contributed by atoms with Crippen LogP contribution in [0.5, 0.6) is 11.6 Å². The van der Waals surface area contributed by atoms with E-state index >= 15 is 0 Å². The zero-order chi connectivity index (χ0) is 13.7. The fourth-order valence-electron chi connectivity index (χ4n) is 1.55. The molecule has 1 heterocycles. The number of benzene rings is 1. The summed E-state index contributed by atoms with van der Waals surface area (Å²) < 4.78 is 6.38. The Bertz CT molecular complexity index is 563. The van der Waals surface area contributed by atoms with Gasteiger partial charge in [0.15, 0.2) is 0 Å². The van der Waals surface area contributed by atoms with Gasteiger partial charge in [0.25, 0.3) is 0 Å². The SMILES string of the molecule is CCNc1ncnc(Oc2ccccc2CO)c1Br. The fourth-order valence-corrected chi connectivity index (χ4v) is 1.98. The molecular formula is C13H14BrN3O2. The summed E-state index contributed by atoms with van der Waals surface area (Å²) in [7, 11) is 0. The van der Waals surface area contributed by atoms with Gasteiger partial charge in [-0.15, -0.1) is 0 Å². The van der Waals surface area contributed by atoms with Gasteiger partial charge in [-0.3, -0.25) is 0 Å². The molecule has 2 N–H and O–H groups in total. The Hall–Kier alpha value is -1.66. The van der Waals surface area contributed by atoms with E-state index in [-0.39, 0.29) is 6.61 Å². The molecule has 0 aliphatic heterocycles. The van der Waals surface area contributed by atoms with Gasteiger partial charge in [-0.1, -0.05) is 18.2 Å². The van der Waals surface area contributed by atoms with Crippen LogP contribution < -0.4 is 10.1 Å². The molecule has 0 spiro atoms. The zero-order valence-corrected chi connectivity index (χ0v) is 12.0. The molecule has 2 aromatic rings. The smallest absolute Gasteiger partial charge is 0.238 e. The fraction of sp³-hybridized carbons (Fsp3) is 0.231. The maximum Gasteiger partial charge on any atom is 0.238 e. The molecule has 5 nitrogen and oxygen atoms in total. The Balaban J connectivity index is 2.30. The quantitative estimate of drug-likeness (QED) is 0.885. The number of nitrogens with zero attached hydrogens (tertiary/aromatic N) is 2. The van der Waals surface area contributed by atoms with E-state index in [2.05, 4.69) is 31.2 Å². The average Bonchev–Trinajstić information content (AvgIpc) is 2.44. The van der Waals surface area contributed by atoms with E-state index < -0.39 is 0 Å². The van der Waals surface area contributed by atoms with Crippen LogP contribution in [-0.2, 0) is 6.61 Å². The van der Waals surface area contributed by atoms with Crippen LogP contribution in [-0.4, -0.2) is 21.6 Å². The minimum Gasteiger partial charge on any atom is -0.437 e. The molecular weight excluding hydrogens is 310 g/mol. The number of aromatic nitrogens is 2. The first kappa shape index (κ1) is 13.8. The van der Waals surface area contributed by atoms with E-state index in [1.165, 1.54) is 6.33 Å². The summed E-state index contributed by atoms with van der Waals surface area (Å²) in [5.41, 5.74) is 0.706. The molecule has 0 saturated heterocycles. The molecule has 0 aliphatic carbocycles. The van der Waals surface area contributed by atoms with Crippen LogP contribution >= 0.6 is 15.9 Å². The van der Waals surface area contributed by atoms with Crippen molar-refractivity contribution in [1.29, 1.82) is 0 Å². The van der Waals surface area contributed by atoms with Gasteiger partial charge in [0.2, 0.25) is 5.88 Å². The summed E-state index contributed by atoms with van der Waals surface area (Å²) in [6, 6.07) is 7.27. The molecule has 6 heteroatoms. The number of hydrogen-bond donors (Lipinski definition) is 2. The minimum atomic E-state index is -0.0844. The molecule has 1 aromatic carbocycles. The third kappa shape index (κ3) is 3.21. The monoisotopic (exact) mass is 323 g/mol. The normalized spacial score (nSPS) is 10.3. The number of rotatable bonds is 5. The van der Waals surface area contributed by atoms with E-state index in [1.54, 1.807) is 12.1 Å². The second-order valence-corrected chi connectivity index (χ2v) is 4.53. The summed E-state index contributed by atoms with van der Waals surface area (Å²) >= 11 is 3.41. The molecule has 0 aliphatic rings. The van der Waals surface area contributed by atoms with Crippen LogP contribution in [0, 0.1) is 0 Å². The lowest BCUT2D eigenvalue weighted by Gasteiger charge is -2.11. The van der Waals surface area contributed by atoms with E-state index in [0.29, 0.717) is 27.5 Å². The highest BCUT2D eigenvalue weighted by Crippen LogP contribution is 2.33. The van der Waals surface area contributed by atoms with Crippen LogP contribution in [0.25, 0.3) is 0 Å². The van der Waals surface area contributed by atoms with Crippen LogP contribution in [0.3, 0.4) is 0 Å². The van der Waals surface area contributed by atoms with Crippen molar-refractivity contribution in [1.82, 2.24) is 9.97 Å². The summed E-state index contributed by atoms with van der Waals surface area (Å²) in [6.07, 6.45) is 1.43. The van der Waals surface area contributed by atoms with Crippen LogP contribution in [0.1, 0.15) is 12.5 Å². The topological polar surface area (TPSA) is 67.3 Å². The number of nitrogens with one attached hydrogen (secondary N) is 1. The Morgan fingerprint density at radius 3 is 2.84 bits per heavy atom.